The van der Waals surface area contributed by atoms with Crippen molar-refractivity contribution in [3.05, 3.63) is 30.1 Å². The summed E-state index contributed by atoms with van der Waals surface area (Å²) in [7, 11) is 0. The molecule has 0 bridgehead atoms. The predicted molar refractivity (Wildman–Crippen MR) is 73.3 cm³/mol. The Kier molecular flexibility index (Phi) is 4.87. The summed E-state index contributed by atoms with van der Waals surface area (Å²) in [6.07, 6.45) is 2.56. The first-order chi connectivity index (χ1) is 9.13. The largest absolute Gasteiger partial charge is 0.327 e. The van der Waals surface area contributed by atoms with Gasteiger partial charge in [-0.3, -0.25) is 4.79 Å². The predicted octanol–water partition coefficient (Wildman–Crippen LogP) is 1.58. The molecule has 1 heterocycles. The number of carbonyl (C=O) groups is 1. The van der Waals surface area contributed by atoms with Gasteiger partial charge in [0.25, 0.3) is 0 Å². The lowest BCUT2D eigenvalue weighted by Crippen LogP contribution is -2.43. The SMILES string of the molecule is NC1CCCN(CCC(=O)Nc2cccc(F)c2)C1. The number of rotatable bonds is 4. The fourth-order valence-electron chi connectivity index (χ4n) is 2.34. The maximum Gasteiger partial charge on any atom is 0.225 e. The third-order valence-electron chi connectivity index (χ3n) is 3.31. The van der Waals surface area contributed by atoms with Crippen LogP contribution in [0.2, 0.25) is 0 Å². The van der Waals surface area contributed by atoms with Gasteiger partial charge in [0, 0.05) is 31.2 Å². The van der Waals surface area contributed by atoms with Crippen LogP contribution in [0.25, 0.3) is 0 Å². The highest BCUT2D eigenvalue weighted by atomic mass is 19.1. The van der Waals surface area contributed by atoms with Gasteiger partial charge in [-0.2, -0.15) is 0 Å². The summed E-state index contributed by atoms with van der Waals surface area (Å²) in [5.41, 5.74) is 6.39. The third kappa shape index (κ3) is 4.61. The molecule has 0 aliphatic carbocycles. The number of benzene rings is 1. The fraction of sp³-hybridized carbons (Fsp3) is 0.500. The summed E-state index contributed by atoms with van der Waals surface area (Å²) in [5, 5.41) is 2.70. The number of nitrogens with two attached hydrogens (primary N) is 1. The second-order valence-corrected chi connectivity index (χ2v) is 5.01. The lowest BCUT2D eigenvalue weighted by atomic mass is 10.1. The molecule has 104 valence electrons. The zero-order valence-electron chi connectivity index (χ0n) is 10.9. The number of anilines is 1. The maximum absolute atomic E-state index is 13.0. The number of amides is 1. The van der Waals surface area contributed by atoms with E-state index in [0.717, 1.165) is 25.9 Å². The first-order valence-electron chi connectivity index (χ1n) is 6.67. The molecule has 1 unspecified atom stereocenters. The minimum atomic E-state index is -0.347. The molecule has 0 aromatic heterocycles. The number of carbonyl (C=O) groups excluding carboxylic acids is 1. The molecule has 1 aliphatic rings. The highest BCUT2D eigenvalue weighted by molar-refractivity contribution is 5.90. The Morgan fingerprint density at radius 3 is 3.11 bits per heavy atom. The fourth-order valence-corrected chi connectivity index (χ4v) is 2.34. The van der Waals surface area contributed by atoms with E-state index in [9.17, 15) is 9.18 Å². The Bertz CT molecular complexity index is 438. The average molecular weight is 265 g/mol. The van der Waals surface area contributed by atoms with Crippen molar-refractivity contribution in [2.75, 3.05) is 25.0 Å². The normalized spacial score (nSPS) is 20.2. The van der Waals surface area contributed by atoms with Crippen molar-refractivity contribution < 1.29 is 9.18 Å². The van der Waals surface area contributed by atoms with E-state index in [4.69, 9.17) is 5.73 Å². The van der Waals surface area contributed by atoms with Gasteiger partial charge in [0.05, 0.1) is 0 Å². The van der Waals surface area contributed by atoms with Gasteiger partial charge in [0.15, 0.2) is 0 Å². The Morgan fingerprint density at radius 1 is 1.53 bits per heavy atom. The smallest absolute Gasteiger partial charge is 0.225 e. The molecule has 1 amide bonds. The van der Waals surface area contributed by atoms with Crippen molar-refractivity contribution in [2.24, 2.45) is 5.73 Å². The second kappa shape index (κ2) is 6.63. The van der Waals surface area contributed by atoms with Crippen LogP contribution in [0, 0.1) is 5.82 Å². The quantitative estimate of drug-likeness (QED) is 0.869. The maximum atomic E-state index is 13.0. The van der Waals surface area contributed by atoms with Gasteiger partial charge in [-0.15, -0.1) is 0 Å². The van der Waals surface area contributed by atoms with Crippen LogP contribution in [-0.2, 0) is 4.79 Å². The van der Waals surface area contributed by atoms with Gasteiger partial charge in [-0.05, 0) is 37.6 Å². The van der Waals surface area contributed by atoms with Crippen LogP contribution in [0.5, 0.6) is 0 Å². The van der Waals surface area contributed by atoms with Gasteiger partial charge in [-0.25, -0.2) is 4.39 Å². The highest BCUT2D eigenvalue weighted by Gasteiger charge is 2.17. The van der Waals surface area contributed by atoms with E-state index in [0.29, 0.717) is 18.7 Å². The summed E-state index contributed by atoms with van der Waals surface area (Å²) >= 11 is 0. The van der Waals surface area contributed by atoms with Crippen LogP contribution in [0.4, 0.5) is 10.1 Å². The lowest BCUT2D eigenvalue weighted by Gasteiger charge is -2.30. The van der Waals surface area contributed by atoms with Gasteiger partial charge in [-0.1, -0.05) is 6.07 Å². The molecule has 0 saturated carbocycles. The zero-order chi connectivity index (χ0) is 13.7. The van der Waals surface area contributed by atoms with Crippen LogP contribution >= 0.6 is 0 Å². The average Bonchev–Trinajstić information content (AvgIpc) is 2.36. The number of halogens is 1. The van der Waals surface area contributed by atoms with Crippen molar-refractivity contribution in [2.45, 2.75) is 25.3 Å². The molecule has 3 N–H and O–H groups in total. The Labute approximate surface area is 112 Å². The van der Waals surface area contributed by atoms with E-state index in [-0.39, 0.29) is 17.8 Å². The molecule has 2 rings (SSSR count). The molecule has 1 aromatic carbocycles. The molecule has 1 aromatic rings. The first kappa shape index (κ1) is 14.0. The van der Waals surface area contributed by atoms with Crippen molar-refractivity contribution in [3.8, 4) is 0 Å². The Hall–Kier alpha value is -1.46. The van der Waals surface area contributed by atoms with Crippen molar-refractivity contribution in [1.82, 2.24) is 4.90 Å². The van der Waals surface area contributed by atoms with Crippen molar-refractivity contribution >= 4 is 11.6 Å². The summed E-state index contributed by atoms with van der Waals surface area (Å²) in [5.74, 6) is -0.440. The molecular formula is C14H20FN3O. The summed E-state index contributed by atoms with van der Waals surface area (Å²) in [4.78, 5) is 14.0. The van der Waals surface area contributed by atoms with Gasteiger partial charge >= 0.3 is 0 Å². The number of piperidine rings is 1. The van der Waals surface area contributed by atoms with E-state index in [2.05, 4.69) is 10.2 Å². The second-order valence-electron chi connectivity index (χ2n) is 5.01. The molecule has 1 aliphatic heterocycles. The van der Waals surface area contributed by atoms with Gasteiger partial charge in [0.2, 0.25) is 5.91 Å². The van der Waals surface area contributed by atoms with E-state index in [1.807, 2.05) is 0 Å². The summed E-state index contributed by atoms with van der Waals surface area (Å²) in [6.45, 7) is 2.56. The molecule has 1 saturated heterocycles. The topological polar surface area (TPSA) is 58.4 Å². The van der Waals surface area contributed by atoms with Crippen LogP contribution in [0.3, 0.4) is 0 Å². The minimum Gasteiger partial charge on any atom is -0.327 e. The number of likely N-dealkylation sites (tertiary alicyclic amines) is 1. The van der Waals surface area contributed by atoms with E-state index >= 15 is 0 Å². The van der Waals surface area contributed by atoms with Crippen LogP contribution in [0.1, 0.15) is 19.3 Å². The molecular weight excluding hydrogens is 245 g/mol. The molecule has 4 nitrogen and oxygen atoms in total. The van der Waals surface area contributed by atoms with E-state index < -0.39 is 0 Å². The molecule has 1 atom stereocenters. The monoisotopic (exact) mass is 265 g/mol. The number of nitrogens with one attached hydrogen (secondary N) is 1. The van der Waals surface area contributed by atoms with Crippen molar-refractivity contribution in [3.63, 3.8) is 0 Å². The molecule has 0 radical (unpaired) electrons. The summed E-state index contributed by atoms with van der Waals surface area (Å²) in [6, 6.07) is 6.14. The standard InChI is InChI=1S/C14H20FN3O/c15-11-3-1-5-13(9-11)17-14(19)6-8-18-7-2-4-12(16)10-18/h1,3,5,9,12H,2,4,6-8,10,16H2,(H,17,19). The Morgan fingerprint density at radius 2 is 2.37 bits per heavy atom. The van der Waals surface area contributed by atoms with E-state index in [1.165, 1.54) is 12.1 Å². The number of hydrogen-bond donors (Lipinski definition) is 2. The molecule has 1 fully saturated rings. The molecule has 5 heteroatoms. The molecule has 0 spiro atoms. The highest BCUT2D eigenvalue weighted by Crippen LogP contribution is 2.11. The van der Waals surface area contributed by atoms with Crippen LogP contribution < -0.4 is 11.1 Å². The van der Waals surface area contributed by atoms with Crippen molar-refractivity contribution in [1.29, 1.82) is 0 Å². The number of hydrogen-bond acceptors (Lipinski definition) is 3. The summed E-state index contributed by atoms with van der Waals surface area (Å²) < 4.78 is 13.0. The van der Waals surface area contributed by atoms with Gasteiger partial charge in [0.1, 0.15) is 5.82 Å². The Balaban J connectivity index is 1.75. The number of nitrogens with zero attached hydrogens (tertiary/aromatic N) is 1. The lowest BCUT2D eigenvalue weighted by molar-refractivity contribution is -0.116. The first-order valence-corrected chi connectivity index (χ1v) is 6.67. The minimum absolute atomic E-state index is 0.0928. The third-order valence-corrected chi connectivity index (χ3v) is 3.31. The van der Waals surface area contributed by atoms with E-state index in [1.54, 1.807) is 12.1 Å². The van der Waals surface area contributed by atoms with Crippen LogP contribution in [0.15, 0.2) is 24.3 Å². The molecule has 19 heavy (non-hydrogen) atoms. The van der Waals surface area contributed by atoms with Crippen LogP contribution in [-0.4, -0.2) is 36.5 Å². The van der Waals surface area contributed by atoms with Gasteiger partial charge < -0.3 is 16.0 Å². The zero-order valence-corrected chi connectivity index (χ0v) is 10.9.